The molecule has 8 bridgehead atoms. The van der Waals surface area contributed by atoms with Gasteiger partial charge in [0.2, 0.25) is 5.91 Å². The first kappa shape index (κ1) is 35.7. The summed E-state index contributed by atoms with van der Waals surface area (Å²) in [6, 6.07) is 0. The lowest BCUT2D eigenvalue weighted by molar-refractivity contribution is -0.121. The van der Waals surface area contributed by atoms with Crippen molar-refractivity contribution in [2.75, 3.05) is 19.7 Å². The Bertz CT molecular complexity index is 1820. The maximum atomic E-state index is 12.8. The Balaban J connectivity index is 1.48. The van der Waals surface area contributed by atoms with E-state index in [0.29, 0.717) is 44.7 Å². The van der Waals surface area contributed by atoms with Gasteiger partial charge in [-0.15, -0.1) is 0 Å². The molecule has 0 radical (unpaired) electrons. The van der Waals surface area contributed by atoms with Crippen LogP contribution in [-0.4, -0.2) is 53.9 Å². The highest BCUT2D eigenvalue weighted by Gasteiger charge is 2.41. The summed E-state index contributed by atoms with van der Waals surface area (Å²) >= 11 is 0. The summed E-state index contributed by atoms with van der Waals surface area (Å²) in [7, 11) is 0. The molecule has 266 valence electrons. The quantitative estimate of drug-likeness (QED) is 0.150. The van der Waals surface area contributed by atoms with Gasteiger partial charge in [-0.25, -0.2) is 15.0 Å². The molecule has 1 amide bonds. The molecule has 5 heterocycles. The summed E-state index contributed by atoms with van der Waals surface area (Å²) in [6.45, 7) is 16.6. The lowest BCUT2D eigenvalue weighted by Crippen LogP contribution is -2.29. The summed E-state index contributed by atoms with van der Waals surface area (Å²) in [5.41, 5.74) is 20.2. The number of hydrogen-bond acceptors (Lipinski definition) is 8. The van der Waals surface area contributed by atoms with Crippen molar-refractivity contribution in [2.24, 2.45) is 32.5 Å². The Morgan fingerprint density at radius 3 is 2.54 bits per heavy atom. The smallest absolute Gasteiger partial charge is 0.220 e. The first-order chi connectivity index (χ1) is 24.1. The van der Waals surface area contributed by atoms with Crippen LogP contribution in [0.2, 0.25) is 0 Å². The molecule has 6 aliphatic rings. The van der Waals surface area contributed by atoms with Crippen LogP contribution in [0.5, 0.6) is 0 Å². The van der Waals surface area contributed by atoms with E-state index in [1.165, 1.54) is 24.8 Å². The molecule has 6 rings (SSSR count). The van der Waals surface area contributed by atoms with Crippen molar-refractivity contribution < 1.29 is 14.6 Å². The van der Waals surface area contributed by atoms with E-state index in [2.05, 4.69) is 70.4 Å². The van der Waals surface area contributed by atoms with Crippen molar-refractivity contribution in [3.8, 4) is 0 Å². The standard InChI is InChI=1S/C41H54N6O3/c1-8-10-11-12-17-50-26(7)38-24(5)32-19-31-23(4)28(13-14-37(49)43-16-15-42)40(46-31)29-18-36(48)39-25(6)33(47-41(29)39)20-34-27(9-2)22(3)30(44-34)21-35(38)45-32/h19-21,23,26,28,46,48H,8-18,42H2,1-7H3,(H,43,49)/t23-,26?,28?/m0/s1. The fourth-order valence-corrected chi connectivity index (χ4v) is 8.10. The molecule has 5 N–H and O–H groups in total. The van der Waals surface area contributed by atoms with E-state index in [1.54, 1.807) is 0 Å². The number of ether oxygens (including phenoxy) is 1. The number of carbonyl (C=O) groups excluding carboxylic acids is 1. The van der Waals surface area contributed by atoms with Gasteiger partial charge in [0.25, 0.3) is 0 Å². The van der Waals surface area contributed by atoms with E-state index in [-0.39, 0.29) is 23.8 Å². The Morgan fingerprint density at radius 2 is 1.80 bits per heavy atom. The number of allylic oxidation sites excluding steroid dienone is 11. The number of rotatable bonds is 13. The minimum Gasteiger partial charge on any atom is -0.511 e. The van der Waals surface area contributed by atoms with Gasteiger partial charge in [0.1, 0.15) is 5.76 Å². The second-order valence-electron chi connectivity index (χ2n) is 14.3. The van der Waals surface area contributed by atoms with Crippen LogP contribution in [0.3, 0.4) is 0 Å². The number of fused-ring (bicyclic) bond motifs is 5. The van der Waals surface area contributed by atoms with Gasteiger partial charge in [-0.1, -0.05) is 40.0 Å². The van der Waals surface area contributed by atoms with Gasteiger partial charge in [-0.05, 0) is 87.5 Å². The third-order valence-electron chi connectivity index (χ3n) is 11.0. The summed E-state index contributed by atoms with van der Waals surface area (Å²) in [4.78, 5) is 28.4. The SMILES string of the molecule is CCCCCCOC(C)C1=C(C)C2=NC1=CC1=NC(=CC3=C(C)C4=C(O)CC(=C5NC(=C2)[C@@H](C)C5CCC(=O)NCCN)C4=N3)C(CC)=C1C. The van der Waals surface area contributed by atoms with E-state index in [9.17, 15) is 9.90 Å². The van der Waals surface area contributed by atoms with Crippen molar-refractivity contribution in [2.45, 2.75) is 106 Å². The Hall–Kier alpha value is -4.08. The molecule has 0 aromatic heterocycles. The van der Waals surface area contributed by atoms with Crippen LogP contribution in [-0.2, 0) is 9.53 Å². The van der Waals surface area contributed by atoms with Gasteiger partial charge in [0, 0.05) is 72.5 Å². The first-order valence-electron chi connectivity index (χ1n) is 18.6. The molecule has 50 heavy (non-hydrogen) atoms. The lowest BCUT2D eigenvalue weighted by Gasteiger charge is -2.18. The van der Waals surface area contributed by atoms with E-state index >= 15 is 0 Å². The number of aliphatic imine (C=N–C) groups is 3. The normalized spacial score (nSPS) is 23.4. The largest absolute Gasteiger partial charge is 0.511 e. The molecule has 9 nitrogen and oxygen atoms in total. The van der Waals surface area contributed by atoms with E-state index in [0.717, 1.165) is 91.9 Å². The molecular weight excluding hydrogens is 624 g/mol. The molecule has 1 saturated heterocycles. The van der Waals surface area contributed by atoms with Crippen LogP contribution in [0.15, 0.2) is 106 Å². The van der Waals surface area contributed by atoms with E-state index < -0.39 is 0 Å². The predicted octanol–water partition coefficient (Wildman–Crippen LogP) is 7.50. The second kappa shape index (κ2) is 15.0. The topological polar surface area (TPSA) is 134 Å². The Labute approximate surface area is 297 Å². The third-order valence-corrected chi connectivity index (χ3v) is 11.0. The van der Waals surface area contributed by atoms with E-state index in [1.807, 2.05) is 6.92 Å². The van der Waals surface area contributed by atoms with Gasteiger partial charge in [0.05, 0.1) is 40.3 Å². The molecular formula is C41H54N6O3. The van der Waals surface area contributed by atoms with Crippen LogP contribution in [0.25, 0.3) is 0 Å². The fourth-order valence-electron chi connectivity index (χ4n) is 8.10. The monoisotopic (exact) mass is 678 g/mol. The Kier molecular flexibility index (Phi) is 10.7. The van der Waals surface area contributed by atoms with Gasteiger partial charge in [-0.3, -0.25) is 4.79 Å². The van der Waals surface area contributed by atoms with Crippen molar-refractivity contribution in [3.05, 3.63) is 91.5 Å². The fraction of sp³-hybridized carbons (Fsp3) is 0.512. The molecule has 1 fully saturated rings. The Morgan fingerprint density at radius 1 is 1.04 bits per heavy atom. The zero-order valence-corrected chi connectivity index (χ0v) is 30.9. The number of unbranched alkanes of at least 4 members (excludes halogenated alkanes) is 3. The maximum absolute atomic E-state index is 12.8. The van der Waals surface area contributed by atoms with Crippen LogP contribution in [0.1, 0.15) is 99.8 Å². The summed E-state index contributed by atoms with van der Waals surface area (Å²) < 4.78 is 6.46. The molecule has 0 aromatic rings. The van der Waals surface area contributed by atoms with Gasteiger partial charge in [-0.2, -0.15) is 0 Å². The summed E-state index contributed by atoms with van der Waals surface area (Å²) in [6.07, 6.45) is 13.1. The molecule has 2 unspecified atom stereocenters. The van der Waals surface area contributed by atoms with Gasteiger partial charge >= 0.3 is 0 Å². The highest BCUT2D eigenvalue weighted by molar-refractivity contribution is 6.21. The van der Waals surface area contributed by atoms with Crippen LogP contribution in [0.4, 0.5) is 0 Å². The number of nitrogens with one attached hydrogen (secondary N) is 2. The zero-order valence-electron chi connectivity index (χ0n) is 30.9. The molecule has 1 aliphatic carbocycles. The first-order valence-corrected chi connectivity index (χ1v) is 18.6. The number of amides is 1. The third kappa shape index (κ3) is 6.70. The van der Waals surface area contributed by atoms with Gasteiger partial charge in [0.15, 0.2) is 0 Å². The van der Waals surface area contributed by atoms with E-state index in [4.69, 9.17) is 25.4 Å². The van der Waals surface area contributed by atoms with Crippen molar-refractivity contribution in [3.63, 3.8) is 0 Å². The highest BCUT2D eigenvalue weighted by atomic mass is 16.5. The number of hydrogen-bond donors (Lipinski definition) is 4. The molecule has 5 aliphatic heterocycles. The minimum absolute atomic E-state index is 0.00559. The minimum atomic E-state index is -0.132. The number of carbonyl (C=O) groups is 1. The zero-order chi connectivity index (χ0) is 35.7. The molecule has 3 atom stereocenters. The predicted molar refractivity (Wildman–Crippen MR) is 203 cm³/mol. The number of nitrogens with zero attached hydrogens (tertiary/aromatic N) is 3. The van der Waals surface area contributed by atoms with Crippen molar-refractivity contribution in [1.82, 2.24) is 10.6 Å². The van der Waals surface area contributed by atoms with Crippen molar-refractivity contribution >= 4 is 23.0 Å². The van der Waals surface area contributed by atoms with Crippen LogP contribution in [0, 0.1) is 11.8 Å². The number of aliphatic hydroxyl groups is 1. The van der Waals surface area contributed by atoms with Crippen molar-refractivity contribution in [1.29, 1.82) is 0 Å². The maximum Gasteiger partial charge on any atom is 0.220 e. The molecule has 9 heteroatoms. The average molecular weight is 679 g/mol. The average Bonchev–Trinajstić information content (AvgIpc) is 3.84. The van der Waals surface area contributed by atoms with Crippen LogP contribution >= 0.6 is 0 Å². The number of aliphatic hydroxyl groups excluding tert-OH is 1. The molecule has 0 aromatic carbocycles. The highest BCUT2D eigenvalue weighted by Crippen LogP contribution is 2.46. The molecule has 0 spiro atoms. The second-order valence-corrected chi connectivity index (χ2v) is 14.3. The molecule has 0 saturated carbocycles. The van der Waals surface area contributed by atoms with Gasteiger partial charge < -0.3 is 26.2 Å². The summed E-state index contributed by atoms with van der Waals surface area (Å²) in [5.74, 6) is 0.436. The summed E-state index contributed by atoms with van der Waals surface area (Å²) in [5, 5.41) is 18.1. The number of nitrogens with two attached hydrogens (primary N) is 1. The lowest BCUT2D eigenvalue weighted by atomic mass is 9.86. The van der Waals surface area contributed by atoms with Crippen LogP contribution < -0.4 is 16.4 Å².